The molecular weight excluding hydrogens is 330 g/mol. The Hall–Kier alpha value is -1.88. The molecule has 2 aliphatic rings. The van der Waals surface area contributed by atoms with Crippen molar-refractivity contribution < 1.29 is 19.3 Å². The summed E-state index contributed by atoms with van der Waals surface area (Å²) in [5.41, 5.74) is 8.52. The van der Waals surface area contributed by atoms with E-state index in [0.717, 1.165) is 54.7 Å². The van der Waals surface area contributed by atoms with Gasteiger partial charge in [-0.25, -0.2) is 0 Å². The fourth-order valence-corrected chi connectivity index (χ4v) is 5.03. The van der Waals surface area contributed by atoms with Gasteiger partial charge in [0, 0.05) is 29.9 Å². The van der Waals surface area contributed by atoms with Gasteiger partial charge in [-0.1, -0.05) is 25.8 Å². The standard InChI is InChI=1S/C21H31NO4/c1-5-6-9-21-12-18(26-4)17(25-3)11-14(21)15(22)10-13-7-8-16(24-2)20(23)19(13)21/h7-8,14-15,23H,5-6,9-12,22H2,1-4H3/t14?,15?,21-/m1/s1. The maximum atomic E-state index is 11.1. The topological polar surface area (TPSA) is 73.9 Å². The van der Waals surface area contributed by atoms with E-state index in [-0.39, 0.29) is 23.1 Å². The van der Waals surface area contributed by atoms with Crippen LogP contribution in [-0.2, 0) is 21.3 Å². The van der Waals surface area contributed by atoms with Crippen molar-refractivity contribution in [3.8, 4) is 11.5 Å². The zero-order valence-corrected chi connectivity index (χ0v) is 16.3. The van der Waals surface area contributed by atoms with Crippen molar-refractivity contribution in [3.05, 3.63) is 34.8 Å². The first-order valence-electron chi connectivity index (χ1n) is 9.47. The fraction of sp³-hybridized carbons (Fsp3) is 0.619. The Kier molecular flexibility index (Phi) is 5.37. The van der Waals surface area contributed by atoms with Crippen molar-refractivity contribution in [1.29, 1.82) is 0 Å². The number of rotatable bonds is 6. The van der Waals surface area contributed by atoms with E-state index in [1.54, 1.807) is 21.3 Å². The predicted molar refractivity (Wildman–Crippen MR) is 101 cm³/mol. The van der Waals surface area contributed by atoms with Crippen molar-refractivity contribution in [2.75, 3.05) is 21.3 Å². The molecule has 1 aromatic carbocycles. The first-order chi connectivity index (χ1) is 12.5. The molecule has 0 amide bonds. The van der Waals surface area contributed by atoms with E-state index in [1.165, 1.54) is 0 Å². The molecule has 3 N–H and O–H groups in total. The van der Waals surface area contributed by atoms with Gasteiger partial charge in [-0.15, -0.1) is 0 Å². The average Bonchev–Trinajstić information content (AvgIpc) is 2.65. The number of methoxy groups -OCH3 is 3. The molecule has 0 bridgehead atoms. The molecule has 3 rings (SSSR count). The smallest absolute Gasteiger partial charge is 0.161 e. The van der Waals surface area contributed by atoms with Gasteiger partial charge in [0.1, 0.15) is 11.5 Å². The molecule has 0 saturated carbocycles. The van der Waals surface area contributed by atoms with Crippen LogP contribution in [0.5, 0.6) is 11.5 Å². The minimum absolute atomic E-state index is 0.0238. The minimum Gasteiger partial charge on any atom is -0.504 e. The number of benzene rings is 1. The second-order valence-electron chi connectivity index (χ2n) is 7.52. The molecule has 3 atom stereocenters. The highest BCUT2D eigenvalue weighted by Gasteiger charge is 2.52. The monoisotopic (exact) mass is 361 g/mol. The maximum Gasteiger partial charge on any atom is 0.161 e. The summed E-state index contributed by atoms with van der Waals surface area (Å²) < 4.78 is 16.7. The van der Waals surface area contributed by atoms with E-state index in [0.29, 0.717) is 12.2 Å². The van der Waals surface area contributed by atoms with Gasteiger partial charge < -0.3 is 25.1 Å². The van der Waals surface area contributed by atoms with Crippen molar-refractivity contribution in [2.45, 2.75) is 56.9 Å². The molecule has 2 unspecified atom stereocenters. The van der Waals surface area contributed by atoms with Crippen LogP contribution in [0.4, 0.5) is 0 Å². The van der Waals surface area contributed by atoms with E-state index in [4.69, 9.17) is 19.9 Å². The molecule has 0 heterocycles. The highest BCUT2D eigenvalue weighted by Crippen LogP contribution is 2.57. The minimum atomic E-state index is -0.255. The quantitative estimate of drug-likeness (QED) is 0.809. The second kappa shape index (κ2) is 7.39. The fourth-order valence-electron chi connectivity index (χ4n) is 5.03. The van der Waals surface area contributed by atoms with Crippen molar-refractivity contribution in [2.24, 2.45) is 11.7 Å². The van der Waals surface area contributed by atoms with Crippen LogP contribution >= 0.6 is 0 Å². The Balaban J connectivity index is 2.23. The Bertz CT molecular complexity index is 699. The SMILES string of the molecule is CCCC[C@@]12CC(OC)=C(OC)CC1C(N)Cc1ccc(OC)c(O)c12. The molecule has 2 aliphatic carbocycles. The molecule has 0 aromatic heterocycles. The summed E-state index contributed by atoms with van der Waals surface area (Å²) in [6.45, 7) is 2.19. The number of hydrogen-bond donors (Lipinski definition) is 2. The molecule has 5 nitrogen and oxygen atoms in total. The van der Waals surface area contributed by atoms with Crippen molar-refractivity contribution in [3.63, 3.8) is 0 Å². The molecule has 0 spiro atoms. The molecule has 0 fully saturated rings. The van der Waals surface area contributed by atoms with Gasteiger partial charge in [0.05, 0.1) is 21.3 Å². The van der Waals surface area contributed by atoms with Gasteiger partial charge in [-0.3, -0.25) is 0 Å². The van der Waals surface area contributed by atoms with Crippen LogP contribution < -0.4 is 10.5 Å². The lowest BCUT2D eigenvalue weighted by molar-refractivity contribution is 0.0876. The second-order valence-corrected chi connectivity index (χ2v) is 7.52. The van der Waals surface area contributed by atoms with Crippen LogP contribution in [0.2, 0.25) is 0 Å². The summed E-state index contributed by atoms with van der Waals surface area (Å²) in [6.07, 6.45) is 5.30. The Labute approximate surface area is 156 Å². The lowest BCUT2D eigenvalue weighted by atomic mass is 9.54. The van der Waals surface area contributed by atoms with E-state index < -0.39 is 0 Å². The predicted octanol–water partition coefficient (Wildman–Crippen LogP) is 3.63. The number of nitrogens with two attached hydrogens (primary N) is 1. The molecule has 0 radical (unpaired) electrons. The van der Waals surface area contributed by atoms with Gasteiger partial charge in [-0.05, 0) is 30.4 Å². The zero-order valence-electron chi connectivity index (χ0n) is 16.3. The Morgan fingerprint density at radius 3 is 2.46 bits per heavy atom. The lowest BCUT2D eigenvalue weighted by Crippen LogP contribution is -2.53. The normalized spacial score (nSPS) is 27.6. The highest BCUT2D eigenvalue weighted by atomic mass is 16.5. The summed E-state index contributed by atoms with van der Waals surface area (Å²) in [5, 5.41) is 11.1. The zero-order chi connectivity index (χ0) is 18.9. The van der Waals surface area contributed by atoms with Crippen molar-refractivity contribution >= 4 is 0 Å². The molecule has 26 heavy (non-hydrogen) atoms. The van der Waals surface area contributed by atoms with Gasteiger partial charge in [0.25, 0.3) is 0 Å². The van der Waals surface area contributed by atoms with E-state index >= 15 is 0 Å². The third kappa shape index (κ3) is 2.82. The molecule has 1 aromatic rings. The number of phenolic OH excluding ortho intramolecular Hbond substituents is 1. The maximum absolute atomic E-state index is 11.1. The number of hydrogen-bond acceptors (Lipinski definition) is 5. The Morgan fingerprint density at radius 2 is 1.85 bits per heavy atom. The number of fused-ring (bicyclic) bond motifs is 3. The molecule has 144 valence electrons. The third-order valence-electron chi connectivity index (χ3n) is 6.29. The van der Waals surface area contributed by atoms with Gasteiger partial charge in [-0.2, -0.15) is 0 Å². The number of allylic oxidation sites excluding steroid dienone is 2. The molecule has 0 saturated heterocycles. The van der Waals surface area contributed by atoms with Crippen LogP contribution in [0.15, 0.2) is 23.7 Å². The van der Waals surface area contributed by atoms with Crippen LogP contribution in [0.3, 0.4) is 0 Å². The number of phenols is 1. The van der Waals surface area contributed by atoms with Gasteiger partial charge in [0.2, 0.25) is 0 Å². The van der Waals surface area contributed by atoms with E-state index in [2.05, 4.69) is 13.0 Å². The van der Waals surface area contributed by atoms with Gasteiger partial charge >= 0.3 is 0 Å². The summed E-state index contributed by atoms with van der Waals surface area (Å²) in [7, 11) is 4.98. The first-order valence-corrected chi connectivity index (χ1v) is 9.47. The highest BCUT2D eigenvalue weighted by molar-refractivity contribution is 5.56. The number of aromatic hydroxyl groups is 1. The van der Waals surface area contributed by atoms with Crippen LogP contribution in [0, 0.1) is 5.92 Å². The first kappa shape index (κ1) is 18.9. The summed E-state index contributed by atoms with van der Waals surface area (Å²) in [6, 6.07) is 3.92. The van der Waals surface area contributed by atoms with Gasteiger partial charge in [0.15, 0.2) is 11.5 Å². The molecule has 5 heteroatoms. The van der Waals surface area contributed by atoms with E-state index in [1.807, 2.05) is 6.07 Å². The Morgan fingerprint density at radius 1 is 1.12 bits per heavy atom. The average molecular weight is 361 g/mol. The number of ether oxygens (including phenoxy) is 3. The van der Waals surface area contributed by atoms with Crippen LogP contribution in [0.25, 0.3) is 0 Å². The van der Waals surface area contributed by atoms with Crippen LogP contribution in [0.1, 0.15) is 50.2 Å². The third-order valence-corrected chi connectivity index (χ3v) is 6.29. The van der Waals surface area contributed by atoms with Crippen LogP contribution in [-0.4, -0.2) is 32.5 Å². The lowest BCUT2D eigenvalue weighted by Gasteiger charge is -2.51. The van der Waals surface area contributed by atoms with E-state index in [9.17, 15) is 5.11 Å². The summed E-state index contributed by atoms with van der Waals surface area (Å²) in [5.74, 6) is 2.73. The largest absolute Gasteiger partial charge is 0.504 e. The molecular formula is C21H31NO4. The summed E-state index contributed by atoms with van der Waals surface area (Å²) >= 11 is 0. The molecule has 0 aliphatic heterocycles. The number of unbranched alkanes of at least 4 members (excludes halogenated alkanes) is 1. The van der Waals surface area contributed by atoms with Crippen molar-refractivity contribution in [1.82, 2.24) is 0 Å². The summed E-state index contributed by atoms with van der Waals surface area (Å²) in [4.78, 5) is 0.